The highest BCUT2D eigenvalue weighted by Crippen LogP contribution is 2.30. The summed E-state index contributed by atoms with van der Waals surface area (Å²) in [5.41, 5.74) is 0.856. The standard InChI is InChI=1S/C23H29N3O4S/c1-2-30-21-8-10-22(11-9-21)31(28,29)24-20-5-3-4-19(16-20)23(27)26-14-12-25(13-15-26)17-18-6-7-18/h3-5,8-11,16,18,24H,2,6-7,12-15,17H2,1H3. The van der Waals surface area contributed by atoms with Crippen molar-refractivity contribution in [3.8, 4) is 5.75 Å². The maximum absolute atomic E-state index is 12.9. The number of hydrogen-bond acceptors (Lipinski definition) is 5. The van der Waals surface area contributed by atoms with E-state index in [1.54, 1.807) is 36.4 Å². The van der Waals surface area contributed by atoms with Crippen molar-refractivity contribution in [2.45, 2.75) is 24.7 Å². The summed E-state index contributed by atoms with van der Waals surface area (Å²) in [6.45, 7) is 6.72. The number of amides is 1. The fraction of sp³-hybridized carbons (Fsp3) is 0.435. The fourth-order valence-corrected chi connectivity index (χ4v) is 4.84. The lowest BCUT2D eigenvalue weighted by Crippen LogP contribution is -2.49. The Morgan fingerprint density at radius 2 is 1.77 bits per heavy atom. The topological polar surface area (TPSA) is 78.9 Å². The molecule has 1 heterocycles. The minimum absolute atomic E-state index is 0.0619. The van der Waals surface area contributed by atoms with Crippen LogP contribution in [0.1, 0.15) is 30.1 Å². The van der Waals surface area contributed by atoms with Gasteiger partial charge in [0.05, 0.1) is 11.5 Å². The number of rotatable bonds is 8. The average Bonchev–Trinajstić information content (AvgIpc) is 3.58. The average molecular weight is 444 g/mol. The first-order valence-corrected chi connectivity index (χ1v) is 12.3. The van der Waals surface area contributed by atoms with E-state index in [4.69, 9.17) is 4.74 Å². The van der Waals surface area contributed by atoms with E-state index >= 15 is 0 Å². The molecule has 0 atom stereocenters. The highest BCUT2D eigenvalue weighted by molar-refractivity contribution is 7.92. The second kappa shape index (κ2) is 9.28. The summed E-state index contributed by atoms with van der Waals surface area (Å²) in [5.74, 6) is 1.40. The summed E-state index contributed by atoms with van der Waals surface area (Å²) in [5, 5.41) is 0. The minimum atomic E-state index is -3.76. The van der Waals surface area contributed by atoms with Crippen LogP contribution in [-0.2, 0) is 10.0 Å². The number of carbonyl (C=O) groups excluding carboxylic acids is 1. The lowest BCUT2D eigenvalue weighted by molar-refractivity contribution is 0.0632. The zero-order chi connectivity index (χ0) is 21.8. The van der Waals surface area contributed by atoms with Gasteiger partial charge in [-0.1, -0.05) is 6.07 Å². The van der Waals surface area contributed by atoms with Crippen LogP contribution in [0.4, 0.5) is 5.69 Å². The van der Waals surface area contributed by atoms with Crippen LogP contribution in [-0.4, -0.2) is 63.5 Å². The van der Waals surface area contributed by atoms with Gasteiger partial charge >= 0.3 is 0 Å². The Morgan fingerprint density at radius 3 is 2.42 bits per heavy atom. The van der Waals surface area contributed by atoms with E-state index in [1.807, 2.05) is 11.8 Å². The molecule has 1 amide bonds. The molecule has 2 aromatic carbocycles. The molecule has 0 unspecified atom stereocenters. The summed E-state index contributed by atoms with van der Waals surface area (Å²) >= 11 is 0. The fourth-order valence-electron chi connectivity index (χ4n) is 3.79. The van der Waals surface area contributed by atoms with E-state index in [-0.39, 0.29) is 10.8 Å². The van der Waals surface area contributed by atoms with Crippen molar-refractivity contribution in [2.24, 2.45) is 5.92 Å². The van der Waals surface area contributed by atoms with Crippen LogP contribution in [0.25, 0.3) is 0 Å². The molecule has 1 N–H and O–H groups in total. The molecule has 0 radical (unpaired) electrons. The number of nitrogens with zero attached hydrogens (tertiary/aromatic N) is 2. The van der Waals surface area contributed by atoms with E-state index in [1.165, 1.54) is 25.0 Å². The highest BCUT2D eigenvalue weighted by Gasteiger charge is 2.28. The van der Waals surface area contributed by atoms with E-state index in [2.05, 4.69) is 9.62 Å². The molecule has 2 fully saturated rings. The number of hydrogen-bond donors (Lipinski definition) is 1. The van der Waals surface area contributed by atoms with Crippen LogP contribution in [0.5, 0.6) is 5.75 Å². The van der Waals surface area contributed by atoms with Gasteiger partial charge < -0.3 is 9.64 Å². The Kier molecular flexibility index (Phi) is 6.48. The number of sulfonamides is 1. The highest BCUT2D eigenvalue weighted by atomic mass is 32.2. The zero-order valence-electron chi connectivity index (χ0n) is 17.8. The predicted octanol–water partition coefficient (Wildman–Crippen LogP) is 3.05. The summed E-state index contributed by atoms with van der Waals surface area (Å²) in [6, 6.07) is 12.9. The number of piperazine rings is 1. The van der Waals surface area contributed by atoms with Gasteiger partial charge in [-0.05, 0) is 68.1 Å². The van der Waals surface area contributed by atoms with Crippen LogP contribution < -0.4 is 9.46 Å². The monoisotopic (exact) mass is 443 g/mol. The van der Waals surface area contributed by atoms with Crippen molar-refractivity contribution in [1.82, 2.24) is 9.80 Å². The third kappa shape index (κ3) is 5.57. The van der Waals surface area contributed by atoms with E-state index in [0.29, 0.717) is 36.7 Å². The molecule has 2 aliphatic rings. The molecule has 0 spiro atoms. The van der Waals surface area contributed by atoms with E-state index < -0.39 is 10.0 Å². The lowest BCUT2D eigenvalue weighted by atomic mass is 10.1. The first-order valence-electron chi connectivity index (χ1n) is 10.8. The van der Waals surface area contributed by atoms with Crippen molar-refractivity contribution in [2.75, 3.05) is 44.1 Å². The molecule has 0 aromatic heterocycles. The first-order chi connectivity index (χ1) is 14.9. The van der Waals surface area contributed by atoms with Gasteiger partial charge in [0.2, 0.25) is 0 Å². The molecule has 1 aliphatic heterocycles. The molecule has 1 saturated heterocycles. The minimum Gasteiger partial charge on any atom is -0.494 e. The molecular weight excluding hydrogens is 414 g/mol. The van der Waals surface area contributed by atoms with Gasteiger partial charge in [-0.2, -0.15) is 0 Å². The molecule has 1 saturated carbocycles. The lowest BCUT2D eigenvalue weighted by Gasteiger charge is -2.34. The molecule has 7 nitrogen and oxygen atoms in total. The maximum Gasteiger partial charge on any atom is 0.261 e. The summed E-state index contributed by atoms with van der Waals surface area (Å²) in [4.78, 5) is 17.4. The van der Waals surface area contributed by atoms with Crippen LogP contribution in [0.2, 0.25) is 0 Å². The SMILES string of the molecule is CCOc1ccc(S(=O)(=O)Nc2cccc(C(=O)N3CCN(CC4CC4)CC3)c2)cc1. The maximum atomic E-state index is 12.9. The van der Waals surface area contributed by atoms with Gasteiger partial charge in [0, 0.05) is 44.0 Å². The Bertz CT molecular complexity index is 1010. The van der Waals surface area contributed by atoms with Crippen molar-refractivity contribution in [3.63, 3.8) is 0 Å². The van der Waals surface area contributed by atoms with Crippen molar-refractivity contribution >= 4 is 21.6 Å². The molecule has 0 bridgehead atoms. The molecule has 31 heavy (non-hydrogen) atoms. The zero-order valence-corrected chi connectivity index (χ0v) is 18.6. The molecule has 8 heteroatoms. The Labute approximate surface area is 184 Å². The van der Waals surface area contributed by atoms with Gasteiger partial charge in [-0.15, -0.1) is 0 Å². The Balaban J connectivity index is 1.40. The van der Waals surface area contributed by atoms with Crippen molar-refractivity contribution in [3.05, 3.63) is 54.1 Å². The van der Waals surface area contributed by atoms with Crippen LogP contribution in [0.3, 0.4) is 0 Å². The van der Waals surface area contributed by atoms with Crippen molar-refractivity contribution in [1.29, 1.82) is 0 Å². The number of ether oxygens (including phenoxy) is 1. The molecule has 4 rings (SSSR count). The first kappa shape index (κ1) is 21.6. The Morgan fingerprint density at radius 1 is 1.06 bits per heavy atom. The molecule has 2 aromatic rings. The van der Waals surface area contributed by atoms with Gasteiger partial charge in [-0.25, -0.2) is 8.42 Å². The number of carbonyl (C=O) groups is 1. The van der Waals surface area contributed by atoms with Crippen LogP contribution in [0.15, 0.2) is 53.4 Å². The van der Waals surface area contributed by atoms with E-state index in [9.17, 15) is 13.2 Å². The van der Waals surface area contributed by atoms with Gasteiger partial charge in [0.25, 0.3) is 15.9 Å². The third-order valence-corrected chi connectivity index (χ3v) is 7.08. The number of benzene rings is 2. The second-order valence-electron chi connectivity index (χ2n) is 8.13. The van der Waals surface area contributed by atoms with E-state index in [0.717, 1.165) is 25.6 Å². The Hall–Kier alpha value is -2.58. The van der Waals surface area contributed by atoms with Gasteiger partial charge in [0.15, 0.2) is 0 Å². The largest absolute Gasteiger partial charge is 0.494 e. The summed E-state index contributed by atoms with van der Waals surface area (Å²) < 4.78 is 33.4. The quantitative estimate of drug-likeness (QED) is 0.678. The smallest absolute Gasteiger partial charge is 0.261 e. The summed E-state index contributed by atoms with van der Waals surface area (Å²) in [6.07, 6.45) is 2.66. The van der Waals surface area contributed by atoms with Crippen molar-refractivity contribution < 1.29 is 17.9 Å². The number of nitrogens with one attached hydrogen (secondary N) is 1. The normalized spacial score (nSPS) is 17.4. The third-order valence-electron chi connectivity index (χ3n) is 5.68. The van der Waals surface area contributed by atoms with Crippen LogP contribution >= 0.6 is 0 Å². The molecular formula is C23H29N3O4S. The molecule has 166 valence electrons. The predicted molar refractivity (Wildman–Crippen MR) is 120 cm³/mol. The van der Waals surface area contributed by atoms with Gasteiger partial charge in [0.1, 0.15) is 5.75 Å². The second-order valence-corrected chi connectivity index (χ2v) is 9.81. The van der Waals surface area contributed by atoms with Crippen LogP contribution in [0, 0.1) is 5.92 Å². The number of anilines is 1. The molecule has 1 aliphatic carbocycles. The summed E-state index contributed by atoms with van der Waals surface area (Å²) in [7, 11) is -3.76. The van der Waals surface area contributed by atoms with Gasteiger partial charge in [-0.3, -0.25) is 14.4 Å².